The number of hydrogen-bond donors (Lipinski definition) is 3. The summed E-state index contributed by atoms with van der Waals surface area (Å²) in [5, 5.41) is 23.3. The van der Waals surface area contributed by atoms with Crippen LogP contribution in [0.3, 0.4) is 0 Å². The third-order valence-electron chi connectivity index (χ3n) is 11.8. The SMILES string of the molecule is O=C1CCC(N2Cc3cc(N4CCN(CCC(O)CCOc5ccc([C@@H]6c7ccc(O)cc7CC[C@@H]6c6ccccc6)cc5)CC4)ccc3C2=O)C(=O)N1. The number of piperidine rings is 1. The number of nitrogens with zero attached hydrogens (tertiary/aromatic N) is 3. The molecule has 54 heavy (non-hydrogen) atoms. The summed E-state index contributed by atoms with van der Waals surface area (Å²) in [5.74, 6) is 0.805. The predicted molar refractivity (Wildman–Crippen MR) is 206 cm³/mol. The van der Waals surface area contributed by atoms with Crippen molar-refractivity contribution in [2.24, 2.45) is 0 Å². The van der Waals surface area contributed by atoms with Crippen molar-refractivity contribution < 1.29 is 29.3 Å². The van der Waals surface area contributed by atoms with Crippen LogP contribution in [0.5, 0.6) is 11.5 Å². The minimum Gasteiger partial charge on any atom is -0.508 e. The smallest absolute Gasteiger partial charge is 0.255 e. The minimum absolute atomic E-state index is 0.153. The van der Waals surface area contributed by atoms with Crippen molar-refractivity contribution in [3.05, 3.63) is 124 Å². The van der Waals surface area contributed by atoms with Crippen LogP contribution >= 0.6 is 0 Å². The lowest BCUT2D eigenvalue weighted by atomic mass is 9.69. The lowest BCUT2D eigenvalue weighted by molar-refractivity contribution is -0.136. The number of hydrogen-bond acceptors (Lipinski definition) is 8. The highest BCUT2D eigenvalue weighted by Crippen LogP contribution is 2.47. The second kappa shape index (κ2) is 15.7. The fourth-order valence-electron chi connectivity index (χ4n) is 8.83. The first-order valence-electron chi connectivity index (χ1n) is 19.3. The Bertz CT molecular complexity index is 1990. The standard InChI is InChI=1S/C44H48N4O6/c49-34(18-20-46-21-23-47(24-22-46)33-9-14-39-32(26-33)28-48(44(39)53)40-16-17-41(51)45-43(40)52)19-25-54-36-11-6-30(7-12-36)42-37(29-4-2-1-3-5-29)13-8-31-27-35(50)10-15-38(31)42/h1-7,9-12,14-15,26-27,34,37,40,42,49-50H,8,13,16-25,28H2,(H,45,51,52)/t34?,37-,40?,42+/m1/s1. The van der Waals surface area contributed by atoms with E-state index in [4.69, 9.17) is 4.74 Å². The van der Waals surface area contributed by atoms with Gasteiger partial charge in [0, 0.05) is 69.3 Å². The normalized spacial score (nSPS) is 22.1. The molecule has 10 heteroatoms. The fourth-order valence-corrected chi connectivity index (χ4v) is 8.83. The second-order valence-corrected chi connectivity index (χ2v) is 15.1. The van der Waals surface area contributed by atoms with Crippen molar-refractivity contribution in [2.45, 2.75) is 69.1 Å². The zero-order chi connectivity index (χ0) is 37.2. The van der Waals surface area contributed by atoms with Crippen molar-refractivity contribution in [3.63, 3.8) is 0 Å². The number of phenolic OH excluding ortho intramolecular Hbond substituents is 1. The van der Waals surface area contributed by atoms with Crippen molar-refractivity contribution in [3.8, 4) is 11.5 Å². The highest BCUT2D eigenvalue weighted by molar-refractivity contribution is 6.05. The van der Waals surface area contributed by atoms with Crippen molar-refractivity contribution in [1.82, 2.24) is 15.1 Å². The van der Waals surface area contributed by atoms with E-state index in [1.54, 1.807) is 11.0 Å². The van der Waals surface area contributed by atoms with Crippen LogP contribution in [-0.4, -0.2) is 89.2 Å². The highest BCUT2D eigenvalue weighted by Gasteiger charge is 2.39. The minimum atomic E-state index is -0.611. The number of aromatic hydroxyl groups is 1. The molecule has 2 unspecified atom stereocenters. The number of imide groups is 1. The Morgan fingerprint density at radius 3 is 2.37 bits per heavy atom. The molecular formula is C44H48N4O6. The van der Waals surface area contributed by atoms with E-state index in [1.165, 1.54) is 22.3 Å². The van der Waals surface area contributed by atoms with Gasteiger partial charge in [0.2, 0.25) is 11.8 Å². The summed E-state index contributed by atoms with van der Waals surface area (Å²) < 4.78 is 6.09. The van der Waals surface area contributed by atoms with E-state index in [-0.39, 0.29) is 24.2 Å². The molecule has 1 aliphatic carbocycles. The van der Waals surface area contributed by atoms with Crippen molar-refractivity contribution in [1.29, 1.82) is 0 Å². The molecule has 0 bridgehead atoms. The number of fused-ring (bicyclic) bond motifs is 2. The molecule has 2 saturated heterocycles. The van der Waals surface area contributed by atoms with Gasteiger partial charge in [0.25, 0.3) is 5.91 Å². The van der Waals surface area contributed by atoms with E-state index in [9.17, 15) is 24.6 Å². The number of carbonyl (C=O) groups is 3. The van der Waals surface area contributed by atoms with E-state index in [0.29, 0.717) is 49.6 Å². The monoisotopic (exact) mass is 728 g/mol. The lowest BCUT2D eigenvalue weighted by Gasteiger charge is -2.36. The predicted octanol–water partition coefficient (Wildman–Crippen LogP) is 5.36. The zero-order valence-electron chi connectivity index (χ0n) is 30.5. The number of rotatable bonds is 11. The molecule has 4 atom stereocenters. The van der Waals surface area contributed by atoms with Crippen LogP contribution < -0.4 is 15.0 Å². The molecule has 0 radical (unpaired) electrons. The van der Waals surface area contributed by atoms with Crippen LogP contribution in [0.25, 0.3) is 0 Å². The summed E-state index contributed by atoms with van der Waals surface area (Å²) in [4.78, 5) is 43.4. The average Bonchev–Trinajstić information content (AvgIpc) is 3.52. The van der Waals surface area contributed by atoms with E-state index >= 15 is 0 Å². The molecule has 4 aromatic carbocycles. The Labute approximate surface area is 316 Å². The van der Waals surface area contributed by atoms with Gasteiger partial charge >= 0.3 is 0 Å². The van der Waals surface area contributed by atoms with E-state index in [1.807, 2.05) is 30.3 Å². The number of piperazine rings is 1. The summed E-state index contributed by atoms with van der Waals surface area (Å²) in [6.45, 7) is 5.08. The molecule has 0 saturated carbocycles. The van der Waals surface area contributed by atoms with Gasteiger partial charge in [-0.3, -0.25) is 24.6 Å². The number of amides is 3. The molecule has 280 valence electrons. The number of anilines is 1. The van der Waals surface area contributed by atoms with Crippen LogP contribution in [0.4, 0.5) is 5.69 Å². The Hall–Kier alpha value is -5.19. The topological polar surface area (TPSA) is 123 Å². The van der Waals surface area contributed by atoms with Gasteiger partial charge in [0.1, 0.15) is 17.5 Å². The summed E-state index contributed by atoms with van der Waals surface area (Å²) in [7, 11) is 0. The van der Waals surface area contributed by atoms with Gasteiger partial charge in [0.15, 0.2) is 0 Å². The summed E-state index contributed by atoms with van der Waals surface area (Å²) in [6.07, 6.45) is 3.34. The molecule has 3 aliphatic heterocycles. The molecular weight excluding hydrogens is 681 g/mol. The summed E-state index contributed by atoms with van der Waals surface area (Å²) >= 11 is 0. The molecule has 4 aromatic rings. The van der Waals surface area contributed by atoms with E-state index in [2.05, 4.69) is 69.7 Å². The van der Waals surface area contributed by atoms with E-state index < -0.39 is 18.1 Å². The van der Waals surface area contributed by atoms with Gasteiger partial charge in [-0.2, -0.15) is 0 Å². The summed E-state index contributed by atoms with van der Waals surface area (Å²) in [6, 6.07) is 30.2. The van der Waals surface area contributed by atoms with E-state index in [0.717, 1.165) is 62.6 Å². The Morgan fingerprint density at radius 1 is 0.796 bits per heavy atom. The average molecular weight is 729 g/mol. The maximum absolute atomic E-state index is 13.1. The van der Waals surface area contributed by atoms with Gasteiger partial charge in [-0.1, -0.05) is 48.5 Å². The van der Waals surface area contributed by atoms with Gasteiger partial charge in [0.05, 0.1) is 12.7 Å². The first kappa shape index (κ1) is 35.8. The van der Waals surface area contributed by atoms with Crippen LogP contribution in [0, 0.1) is 0 Å². The lowest BCUT2D eigenvalue weighted by Crippen LogP contribution is -2.52. The van der Waals surface area contributed by atoms with Crippen LogP contribution in [0.15, 0.2) is 91.0 Å². The molecule has 4 aliphatic rings. The van der Waals surface area contributed by atoms with Crippen molar-refractivity contribution in [2.75, 3.05) is 44.2 Å². The largest absolute Gasteiger partial charge is 0.508 e. The van der Waals surface area contributed by atoms with Gasteiger partial charge in [-0.25, -0.2) is 0 Å². The second-order valence-electron chi connectivity index (χ2n) is 15.1. The number of aryl methyl sites for hydroxylation is 1. The highest BCUT2D eigenvalue weighted by atomic mass is 16.5. The zero-order valence-corrected chi connectivity index (χ0v) is 30.5. The molecule has 3 heterocycles. The summed E-state index contributed by atoms with van der Waals surface area (Å²) in [5.41, 5.74) is 7.65. The number of carbonyl (C=O) groups excluding carboxylic acids is 3. The first-order valence-corrected chi connectivity index (χ1v) is 19.3. The van der Waals surface area contributed by atoms with Gasteiger partial charge in [-0.15, -0.1) is 0 Å². The van der Waals surface area contributed by atoms with Crippen LogP contribution in [0.2, 0.25) is 0 Å². The van der Waals surface area contributed by atoms with Gasteiger partial charge < -0.3 is 24.7 Å². The third kappa shape index (κ3) is 7.58. The third-order valence-corrected chi connectivity index (χ3v) is 11.8. The molecule has 0 aromatic heterocycles. The Morgan fingerprint density at radius 2 is 1.59 bits per heavy atom. The quantitative estimate of drug-likeness (QED) is 0.177. The number of ether oxygens (including phenoxy) is 1. The molecule has 0 spiro atoms. The van der Waals surface area contributed by atoms with Crippen molar-refractivity contribution >= 4 is 23.4 Å². The maximum Gasteiger partial charge on any atom is 0.255 e. The number of benzene rings is 4. The maximum atomic E-state index is 13.1. The van der Waals surface area contributed by atoms with Crippen LogP contribution in [0.1, 0.15) is 82.1 Å². The van der Waals surface area contributed by atoms with Gasteiger partial charge in [-0.05, 0) is 102 Å². The number of phenols is 1. The number of aliphatic hydroxyl groups is 1. The molecule has 3 amide bonds. The number of nitrogens with one attached hydrogen (secondary N) is 1. The Kier molecular flexibility index (Phi) is 10.4. The fraction of sp³-hybridized carbons (Fsp3) is 0.386. The first-order chi connectivity index (χ1) is 26.3. The van der Waals surface area contributed by atoms with Crippen LogP contribution in [-0.2, 0) is 22.6 Å². The molecule has 3 N–H and O–H groups in total. The molecule has 8 rings (SSSR count). The molecule has 10 nitrogen and oxygen atoms in total. The Balaban J connectivity index is 0.790. The molecule has 2 fully saturated rings. The number of aliphatic hydroxyl groups excluding tert-OH is 1.